The van der Waals surface area contributed by atoms with E-state index in [1.807, 2.05) is 13.0 Å². The number of nitrogens with one attached hydrogen (secondary N) is 1. The van der Waals surface area contributed by atoms with Crippen LogP contribution in [0.15, 0.2) is 40.9 Å². The number of rotatable bonds is 2. The van der Waals surface area contributed by atoms with Crippen LogP contribution in [0.4, 0.5) is 11.4 Å². The zero-order valence-electron chi connectivity index (χ0n) is 10.3. The summed E-state index contributed by atoms with van der Waals surface area (Å²) in [5.41, 5.74) is 8.19. The van der Waals surface area contributed by atoms with E-state index in [9.17, 15) is 9.90 Å². The third-order valence-corrected chi connectivity index (χ3v) is 3.14. The molecule has 0 aliphatic rings. The van der Waals surface area contributed by atoms with Crippen molar-refractivity contribution in [3.63, 3.8) is 0 Å². The minimum Gasteiger partial charge on any atom is -0.508 e. The van der Waals surface area contributed by atoms with E-state index in [4.69, 9.17) is 5.73 Å². The van der Waals surface area contributed by atoms with Crippen molar-refractivity contribution in [3.8, 4) is 5.75 Å². The summed E-state index contributed by atoms with van der Waals surface area (Å²) < 4.78 is 0.859. The number of nitrogens with two attached hydrogens (primary N) is 1. The number of phenols is 1. The van der Waals surface area contributed by atoms with Gasteiger partial charge in [0.05, 0.1) is 11.4 Å². The van der Waals surface area contributed by atoms with Crippen molar-refractivity contribution in [3.05, 3.63) is 52.0 Å². The average molecular weight is 321 g/mol. The lowest BCUT2D eigenvalue weighted by molar-refractivity contribution is 0.102. The molecule has 4 nitrogen and oxygen atoms in total. The van der Waals surface area contributed by atoms with Gasteiger partial charge in [-0.3, -0.25) is 4.79 Å². The molecule has 0 bridgehead atoms. The van der Waals surface area contributed by atoms with E-state index in [0.717, 1.165) is 10.0 Å². The molecule has 98 valence electrons. The first-order valence-electron chi connectivity index (χ1n) is 5.63. The van der Waals surface area contributed by atoms with Crippen LogP contribution in [0.1, 0.15) is 15.9 Å². The fourth-order valence-corrected chi connectivity index (χ4v) is 2.36. The van der Waals surface area contributed by atoms with E-state index in [1.165, 1.54) is 12.1 Å². The number of aryl methyl sites for hydroxylation is 1. The Balaban J connectivity index is 2.29. The summed E-state index contributed by atoms with van der Waals surface area (Å²) >= 11 is 3.34. The Labute approximate surface area is 119 Å². The Morgan fingerprint density at radius 2 is 2.05 bits per heavy atom. The molecule has 0 fully saturated rings. The second-order valence-electron chi connectivity index (χ2n) is 4.19. The molecule has 2 aromatic rings. The van der Waals surface area contributed by atoms with Crippen molar-refractivity contribution in [2.24, 2.45) is 0 Å². The highest BCUT2D eigenvalue weighted by molar-refractivity contribution is 9.10. The molecule has 0 atom stereocenters. The van der Waals surface area contributed by atoms with Gasteiger partial charge in [0, 0.05) is 10.0 Å². The Kier molecular flexibility index (Phi) is 3.76. The molecule has 5 heteroatoms. The Hall–Kier alpha value is -2.01. The zero-order chi connectivity index (χ0) is 14.0. The smallest absolute Gasteiger partial charge is 0.255 e. The van der Waals surface area contributed by atoms with E-state index in [-0.39, 0.29) is 11.7 Å². The van der Waals surface area contributed by atoms with Crippen molar-refractivity contribution in [2.45, 2.75) is 6.92 Å². The number of anilines is 2. The summed E-state index contributed by atoms with van der Waals surface area (Å²) in [5.74, 6) is -0.263. The lowest BCUT2D eigenvalue weighted by Crippen LogP contribution is -2.14. The summed E-state index contributed by atoms with van der Waals surface area (Å²) in [4.78, 5) is 12.1. The van der Waals surface area contributed by atoms with Crippen LogP contribution in [-0.2, 0) is 0 Å². The fraction of sp³-hybridized carbons (Fsp3) is 0.0714. The van der Waals surface area contributed by atoms with Crippen molar-refractivity contribution in [1.82, 2.24) is 0 Å². The van der Waals surface area contributed by atoms with Crippen LogP contribution in [-0.4, -0.2) is 11.0 Å². The number of nitrogen functional groups attached to an aromatic ring is 1. The first-order valence-corrected chi connectivity index (χ1v) is 6.42. The molecule has 0 heterocycles. The van der Waals surface area contributed by atoms with E-state index in [2.05, 4.69) is 21.2 Å². The molecule has 4 N–H and O–H groups in total. The van der Waals surface area contributed by atoms with Gasteiger partial charge in [0.25, 0.3) is 5.91 Å². The first-order chi connectivity index (χ1) is 8.97. The van der Waals surface area contributed by atoms with Crippen molar-refractivity contribution in [2.75, 3.05) is 11.1 Å². The summed E-state index contributed by atoms with van der Waals surface area (Å²) in [6.45, 7) is 1.86. The first kappa shape index (κ1) is 13.4. The maximum absolute atomic E-state index is 12.1. The minimum absolute atomic E-state index is 0.0492. The van der Waals surface area contributed by atoms with Gasteiger partial charge in [-0.2, -0.15) is 0 Å². The maximum atomic E-state index is 12.1. The zero-order valence-corrected chi connectivity index (χ0v) is 11.9. The summed E-state index contributed by atoms with van der Waals surface area (Å²) in [7, 11) is 0. The molecule has 0 saturated heterocycles. The molecule has 2 aromatic carbocycles. The fourth-order valence-electron chi connectivity index (χ4n) is 1.77. The second kappa shape index (κ2) is 5.32. The number of benzene rings is 2. The van der Waals surface area contributed by atoms with Gasteiger partial charge in [-0.25, -0.2) is 0 Å². The van der Waals surface area contributed by atoms with Crippen molar-refractivity contribution < 1.29 is 9.90 Å². The number of carbonyl (C=O) groups excluding carboxylic acids is 1. The highest BCUT2D eigenvalue weighted by Crippen LogP contribution is 2.28. The van der Waals surface area contributed by atoms with Gasteiger partial charge in [0.15, 0.2) is 0 Å². The molecule has 19 heavy (non-hydrogen) atoms. The van der Waals surface area contributed by atoms with Gasteiger partial charge in [0.2, 0.25) is 0 Å². The van der Waals surface area contributed by atoms with Gasteiger partial charge in [-0.1, -0.05) is 22.0 Å². The van der Waals surface area contributed by atoms with Crippen LogP contribution >= 0.6 is 15.9 Å². The van der Waals surface area contributed by atoms with Gasteiger partial charge < -0.3 is 16.2 Å². The molecule has 0 unspecified atom stereocenters. The van der Waals surface area contributed by atoms with Crippen LogP contribution in [0.25, 0.3) is 0 Å². The third-order valence-electron chi connectivity index (χ3n) is 2.68. The largest absolute Gasteiger partial charge is 0.508 e. The van der Waals surface area contributed by atoms with Crippen LogP contribution in [0, 0.1) is 6.92 Å². The highest BCUT2D eigenvalue weighted by atomic mass is 79.9. The Morgan fingerprint density at radius 3 is 2.68 bits per heavy atom. The quantitative estimate of drug-likeness (QED) is 0.743. The summed E-state index contributed by atoms with van der Waals surface area (Å²) in [6, 6.07) is 9.75. The number of halogens is 1. The molecule has 2 rings (SSSR count). The lowest BCUT2D eigenvalue weighted by Gasteiger charge is -2.12. The normalized spacial score (nSPS) is 10.2. The van der Waals surface area contributed by atoms with Gasteiger partial charge in [-0.15, -0.1) is 0 Å². The highest BCUT2D eigenvalue weighted by Gasteiger charge is 2.11. The molecule has 0 saturated carbocycles. The number of hydrogen-bond donors (Lipinski definition) is 3. The molecule has 0 aliphatic heterocycles. The second-order valence-corrected chi connectivity index (χ2v) is 5.11. The summed E-state index contributed by atoms with van der Waals surface area (Å²) in [5, 5.41) is 12.1. The maximum Gasteiger partial charge on any atom is 0.255 e. The van der Waals surface area contributed by atoms with Crippen LogP contribution in [0.3, 0.4) is 0 Å². The van der Waals surface area contributed by atoms with Crippen molar-refractivity contribution in [1.29, 1.82) is 0 Å². The molecule has 0 spiro atoms. The van der Waals surface area contributed by atoms with Crippen LogP contribution in [0.5, 0.6) is 5.75 Å². The molecule has 0 radical (unpaired) electrons. The van der Waals surface area contributed by atoms with E-state index >= 15 is 0 Å². The lowest BCUT2D eigenvalue weighted by atomic mass is 10.1. The molecule has 0 aromatic heterocycles. The van der Waals surface area contributed by atoms with E-state index in [0.29, 0.717) is 16.9 Å². The number of phenolic OH excluding ortho intramolecular Hbond substituents is 1. The molecule has 0 aliphatic carbocycles. The van der Waals surface area contributed by atoms with Gasteiger partial charge in [-0.05, 0) is 42.8 Å². The van der Waals surface area contributed by atoms with Crippen LogP contribution in [0.2, 0.25) is 0 Å². The molecular weight excluding hydrogens is 308 g/mol. The number of carbonyl (C=O) groups is 1. The predicted octanol–water partition coefficient (Wildman–Crippen LogP) is 3.30. The standard InChI is InChI=1S/C14H13BrN2O2/c1-8-5-10(15)7-12(16)13(8)17-14(19)9-3-2-4-11(18)6-9/h2-7,18H,16H2,1H3,(H,17,19). The average Bonchev–Trinajstić information content (AvgIpc) is 2.33. The molecule has 1 amide bonds. The minimum atomic E-state index is -0.312. The number of amides is 1. The molecular formula is C14H13BrN2O2. The topological polar surface area (TPSA) is 75.3 Å². The predicted molar refractivity (Wildman–Crippen MR) is 79.4 cm³/mol. The van der Waals surface area contributed by atoms with Crippen LogP contribution < -0.4 is 11.1 Å². The van der Waals surface area contributed by atoms with Crippen molar-refractivity contribution >= 4 is 33.2 Å². The summed E-state index contributed by atoms with van der Waals surface area (Å²) in [6.07, 6.45) is 0. The number of hydrogen-bond acceptors (Lipinski definition) is 3. The van der Waals surface area contributed by atoms with E-state index < -0.39 is 0 Å². The van der Waals surface area contributed by atoms with Gasteiger partial charge in [0.1, 0.15) is 5.75 Å². The third kappa shape index (κ3) is 3.06. The Morgan fingerprint density at radius 1 is 1.32 bits per heavy atom. The van der Waals surface area contributed by atoms with E-state index in [1.54, 1.807) is 18.2 Å². The monoisotopic (exact) mass is 320 g/mol. The Bertz CT molecular complexity index is 618. The SMILES string of the molecule is Cc1cc(Br)cc(N)c1NC(=O)c1cccc(O)c1. The van der Waals surface area contributed by atoms with Gasteiger partial charge >= 0.3 is 0 Å². The number of aromatic hydroxyl groups is 1.